The third-order valence-electron chi connectivity index (χ3n) is 11.7. The molecule has 9 amide bonds. The molecule has 0 spiro atoms. The first-order valence-electron chi connectivity index (χ1n) is 24.7. The number of phenolic OH excluding ortho intramolecular Hbond substituents is 1. The van der Waals surface area contributed by atoms with Gasteiger partial charge in [0.05, 0.1) is 19.1 Å². The van der Waals surface area contributed by atoms with Gasteiger partial charge in [0.15, 0.2) is 0 Å². The molecule has 26 nitrogen and oxygen atoms in total. The number of hydrogen-bond acceptors (Lipinski definition) is 16. The Hall–Kier alpha value is -8.14. The minimum Gasteiger partial charge on any atom is -0.508 e. The molecular weight excluding hydrogens is 1040 g/mol. The fourth-order valence-corrected chi connectivity index (χ4v) is 7.57. The Kier molecular flexibility index (Phi) is 27.2. The molecule has 27 heteroatoms. The van der Waals surface area contributed by atoms with Crippen molar-refractivity contribution >= 4 is 77.7 Å². The van der Waals surface area contributed by atoms with Gasteiger partial charge in [-0.05, 0) is 68.5 Å². The van der Waals surface area contributed by atoms with E-state index in [4.69, 9.17) is 16.6 Å². The Morgan fingerprint density at radius 2 is 0.936 bits per heavy atom. The van der Waals surface area contributed by atoms with Gasteiger partial charge in [-0.3, -0.25) is 52.7 Å². The first kappa shape index (κ1) is 64.1. The maximum atomic E-state index is 14.6. The number of hydrogen-bond donors (Lipinski definition) is 16. The Bertz CT molecular complexity index is 2530. The topological polar surface area (TPSA) is 429 Å². The van der Waals surface area contributed by atoms with E-state index < -0.39 is 139 Å². The number of nitrogens with two attached hydrogens (primary N) is 2. The SMILES string of the molecule is C[C@H](NC(=O)[C@H](Cc1ccc(O)cc1)NC(=O)[C@H](CCCCN)NC(=O)[C@H](Cc1ccccc1)NC(=O)[C@H](Cc1ccccc1)NC(=O)[C@H](CC(=O)O)NC(=O)[C@@H](N)[C@@H](C)O)C(=O)N[C@@H](CS)C(=O)NCC(=O)NCC(=O)O. The first-order chi connectivity index (χ1) is 37.0. The van der Waals surface area contributed by atoms with E-state index >= 15 is 0 Å². The van der Waals surface area contributed by atoms with Gasteiger partial charge in [0.1, 0.15) is 60.6 Å². The van der Waals surface area contributed by atoms with Gasteiger partial charge in [0.25, 0.3) is 0 Å². The molecule has 0 bridgehead atoms. The number of phenols is 1. The molecule has 17 N–H and O–H groups in total. The lowest BCUT2D eigenvalue weighted by molar-refractivity contribution is -0.141. The quantitative estimate of drug-likeness (QED) is 0.0207. The number of carbonyl (C=O) groups excluding carboxylic acids is 9. The summed E-state index contributed by atoms with van der Waals surface area (Å²) in [6, 6.07) is 10.6. The largest absolute Gasteiger partial charge is 0.508 e. The second-order valence-electron chi connectivity index (χ2n) is 18.1. The van der Waals surface area contributed by atoms with Crippen molar-refractivity contribution in [3.63, 3.8) is 0 Å². The van der Waals surface area contributed by atoms with Crippen LogP contribution in [0.1, 0.15) is 56.2 Å². The fourth-order valence-electron chi connectivity index (χ4n) is 7.31. The standard InChI is InChI=1S/C51H69N11O15S/c1-28(44(70)62-39(27-78)45(71)55-25-40(65)54-26-42(68)69)56-47(73)35(23-32-16-18-33(64)19-17-32)58-46(72)34(15-9-10-20-52)57-48(74)36(21-30-11-5-3-6-12-30)59-49(75)37(22-31-13-7-4-8-14-31)60-50(76)38(24-41(66)67)61-51(77)43(53)29(2)63/h3-8,11-14,16-19,28-29,34-39,43,63-64,78H,9-10,15,20-27,52-53H2,1-2H3,(H,54,65)(H,55,71)(H,56,73)(H,57,74)(H,58,72)(H,59,75)(H,60,76)(H,61,77)(H,62,70)(H,66,67)(H,68,69)/t28-,29+,34-,35-,36-,37-,38-,39-,43-/m0/s1. The first-order valence-corrected chi connectivity index (χ1v) is 25.4. The number of amides is 9. The van der Waals surface area contributed by atoms with Crippen LogP contribution < -0.4 is 59.3 Å². The molecule has 0 fully saturated rings. The summed E-state index contributed by atoms with van der Waals surface area (Å²) in [6.07, 6.45) is -2.25. The molecule has 3 aromatic rings. The third-order valence-corrected chi connectivity index (χ3v) is 12.0. The van der Waals surface area contributed by atoms with Crippen LogP contribution >= 0.6 is 12.6 Å². The van der Waals surface area contributed by atoms with Crippen LogP contribution in [0.15, 0.2) is 84.9 Å². The van der Waals surface area contributed by atoms with Crippen molar-refractivity contribution in [2.45, 2.75) is 113 Å². The fraction of sp³-hybridized carbons (Fsp3) is 0.431. The molecule has 0 saturated heterocycles. The highest BCUT2D eigenvalue weighted by atomic mass is 32.1. The highest BCUT2D eigenvalue weighted by Gasteiger charge is 2.35. The predicted molar refractivity (Wildman–Crippen MR) is 284 cm³/mol. The van der Waals surface area contributed by atoms with Crippen LogP contribution in [0.3, 0.4) is 0 Å². The Balaban J connectivity index is 1.94. The summed E-state index contributed by atoms with van der Waals surface area (Å²) >= 11 is 4.10. The number of thiol groups is 1. The number of unbranched alkanes of at least 4 members (excludes halogenated alkanes) is 1. The van der Waals surface area contributed by atoms with Gasteiger partial charge in [-0.15, -0.1) is 0 Å². The van der Waals surface area contributed by atoms with Gasteiger partial charge in [-0.1, -0.05) is 72.8 Å². The minimum absolute atomic E-state index is 0.0381. The monoisotopic (exact) mass is 1110 g/mol. The van der Waals surface area contributed by atoms with E-state index in [9.17, 15) is 68.1 Å². The van der Waals surface area contributed by atoms with Crippen LogP contribution in [0.25, 0.3) is 0 Å². The lowest BCUT2D eigenvalue weighted by Crippen LogP contribution is -2.61. The second-order valence-corrected chi connectivity index (χ2v) is 18.4. The molecule has 0 heterocycles. The number of carboxylic acid groups (broad SMARTS) is 2. The van der Waals surface area contributed by atoms with E-state index in [1.807, 2.05) is 0 Å². The number of carbonyl (C=O) groups is 11. The molecule has 0 aromatic heterocycles. The van der Waals surface area contributed by atoms with Crippen LogP contribution in [0, 0.1) is 0 Å². The van der Waals surface area contributed by atoms with Crippen molar-refractivity contribution in [1.29, 1.82) is 0 Å². The minimum atomic E-state index is -1.77. The summed E-state index contributed by atoms with van der Waals surface area (Å²) in [6.45, 7) is 1.40. The van der Waals surface area contributed by atoms with Gasteiger partial charge in [-0.2, -0.15) is 12.6 Å². The molecule has 3 aromatic carbocycles. The second kappa shape index (κ2) is 33.1. The van der Waals surface area contributed by atoms with E-state index in [0.717, 1.165) is 0 Å². The summed E-state index contributed by atoms with van der Waals surface area (Å²) in [7, 11) is 0. The number of benzene rings is 3. The molecule has 0 aliphatic heterocycles. The third kappa shape index (κ3) is 23.0. The Morgan fingerprint density at radius 1 is 0.500 bits per heavy atom. The lowest BCUT2D eigenvalue weighted by Gasteiger charge is -2.28. The average molecular weight is 1110 g/mol. The molecule has 0 radical (unpaired) electrons. The van der Waals surface area contributed by atoms with E-state index in [0.29, 0.717) is 23.1 Å². The van der Waals surface area contributed by atoms with Crippen molar-refractivity contribution in [3.8, 4) is 5.75 Å². The molecule has 0 aliphatic rings. The average Bonchev–Trinajstić information content (AvgIpc) is 3.40. The van der Waals surface area contributed by atoms with Crippen molar-refractivity contribution in [2.24, 2.45) is 11.5 Å². The number of carboxylic acids is 2. The van der Waals surface area contributed by atoms with E-state index in [-0.39, 0.29) is 50.2 Å². The van der Waals surface area contributed by atoms with Crippen molar-refractivity contribution in [1.82, 2.24) is 47.9 Å². The van der Waals surface area contributed by atoms with Crippen molar-refractivity contribution in [3.05, 3.63) is 102 Å². The molecule has 9 atom stereocenters. The van der Waals surface area contributed by atoms with Crippen LogP contribution in [0.5, 0.6) is 5.75 Å². The van der Waals surface area contributed by atoms with Crippen molar-refractivity contribution in [2.75, 3.05) is 25.4 Å². The number of aliphatic hydroxyl groups is 1. The highest BCUT2D eigenvalue weighted by Crippen LogP contribution is 2.14. The lowest BCUT2D eigenvalue weighted by atomic mass is 10.0. The zero-order valence-electron chi connectivity index (χ0n) is 42.9. The van der Waals surface area contributed by atoms with Crippen LogP contribution in [-0.2, 0) is 72.0 Å². The smallest absolute Gasteiger partial charge is 0.322 e. The number of aliphatic carboxylic acids is 2. The molecule has 0 aliphatic carbocycles. The van der Waals surface area contributed by atoms with Gasteiger partial charge >= 0.3 is 11.9 Å². The van der Waals surface area contributed by atoms with Crippen molar-refractivity contribution < 1.29 is 73.2 Å². The van der Waals surface area contributed by atoms with Gasteiger partial charge in [0, 0.05) is 25.0 Å². The maximum absolute atomic E-state index is 14.6. The van der Waals surface area contributed by atoms with E-state index in [2.05, 4.69) is 60.5 Å². The molecule has 78 heavy (non-hydrogen) atoms. The zero-order chi connectivity index (χ0) is 57.9. The summed E-state index contributed by atoms with van der Waals surface area (Å²) in [4.78, 5) is 145. The van der Waals surface area contributed by atoms with Gasteiger partial charge in [0.2, 0.25) is 53.2 Å². The molecule has 0 unspecified atom stereocenters. The summed E-state index contributed by atoms with van der Waals surface area (Å²) in [5.74, 6) is -11.5. The van der Waals surface area contributed by atoms with Crippen LogP contribution in [0.2, 0.25) is 0 Å². The summed E-state index contributed by atoms with van der Waals surface area (Å²) < 4.78 is 0. The van der Waals surface area contributed by atoms with E-state index in [1.165, 1.54) is 38.1 Å². The number of nitrogens with one attached hydrogen (secondary N) is 9. The van der Waals surface area contributed by atoms with Crippen LogP contribution in [0.4, 0.5) is 0 Å². The zero-order valence-corrected chi connectivity index (χ0v) is 43.8. The Labute approximate surface area is 454 Å². The van der Waals surface area contributed by atoms with Gasteiger partial charge < -0.3 is 79.7 Å². The number of aromatic hydroxyl groups is 1. The summed E-state index contributed by atoms with van der Waals surface area (Å²) in [5, 5.41) is 60.1. The molecule has 3 rings (SSSR count). The van der Waals surface area contributed by atoms with Crippen LogP contribution in [-0.4, -0.2) is 165 Å². The van der Waals surface area contributed by atoms with Gasteiger partial charge in [-0.25, -0.2) is 0 Å². The molecular formula is C51H69N11O15S. The normalized spacial score (nSPS) is 14.3. The number of rotatable bonds is 33. The number of aliphatic hydroxyl groups excluding tert-OH is 1. The predicted octanol–water partition coefficient (Wildman–Crippen LogP) is -3.61. The molecule has 0 saturated carbocycles. The highest BCUT2D eigenvalue weighted by molar-refractivity contribution is 7.80. The van der Waals surface area contributed by atoms with E-state index in [1.54, 1.807) is 60.7 Å². The maximum Gasteiger partial charge on any atom is 0.322 e. The molecule has 424 valence electrons. The summed E-state index contributed by atoms with van der Waals surface area (Å²) in [5.41, 5.74) is 13.0. The Morgan fingerprint density at radius 3 is 1.40 bits per heavy atom.